The molecule has 4 unspecified atom stereocenters. The third-order valence-corrected chi connectivity index (χ3v) is 6.75. The number of hydrogen-bond donors (Lipinski definition) is 1. The van der Waals surface area contributed by atoms with E-state index in [4.69, 9.17) is 10.5 Å². The van der Waals surface area contributed by atoms with Crippen LogP contribution in [0.1, 0.15) is 39.0 Å². The Labute approximate surface area is 115 Å². The number of morpholine rings is 1. The van der Waals surface area contributed by atoms with Crippen molar-refractivity contribution in [3.63, 3.8) is 0 Å². The second kappa shape index (κ2) is 5.31. The summed E-state index contributed by atoms with van der Waals surface area (Å²) < 4.78 is 5.96. The molecule has 18 heavy (non-hydrogen) atoms. The predicted octanol–water partition coefficient (Wildman–Crippen LogP) is 1.85. The predicted molar refractivity (Wildman–Crippen MR) is 77.0 cm³/mol. The Kier molecular flexibility index (Phi) is 3.90. The van der Waals surface area contributed by atoms with Crippen LogP contribution in [0, 0.1) is 0 Å². The lowest BCUT2D eigenvalue weighted by Crippen LogP contribution is -2.67. The third kappa shape index (κ3) is 2.01. The Balaban J connectivity index is 1.85. The number of fused-ring (bicyclic) bond motifs is 1. The average Bonchev–Trinajstić information content (AvgIpc) is 2.88. The molecule has 0 bridgehead atoms. The van der Waals surface area contributed by atoms with Gasteiger partial charge in [0.2, 0.25) is 0 Å². The van der Waals surface area contributed by atoms with E-state index in [1.165, 1.54) is 37.9 Å². The molecule has 4 heteroatoms. The van der Waals surface area contributed by atoms with Crippen LogP contribution in [0.2, 0.25) is 0 Å². The molecule has 4 atom stereocenters. The summed E-state index contributed by atoms with van der Waals surface area (Å²) in [5.74, 6) is 1.31. The second-order valence-corrected chi connectivity index (χ2v) is 7.47. The molecule has 1 aliphatic carbocycles. The third-order valence-electron chi connectivity index (χ3n) is 5.29. The minimum absolute atomic E-state index is 0.236. The van der Waals surface area contributed by atoms with Crippen LogP contribution in [-0.2, 0) is 4.74 Å². The molecule has 2 saturated heterocycles. The molecule has 104 valence electrons. The van der Waals surface area contributed by atoms with Gasteiger partial charge in [0.05, 0.1) is 12.7 Å². The quantitative estimate of drug-likeness (QED) is 0.831. The summed E-state index contributed by atoms with van der Waals surface area (Å²) in [5, 5.41) is 0.663. The molecule has 0 aromatic carbocycles. The van der Waals surface area contributed by atoms with Crippen LogP contribution in [-0.4, -0.2) is 53.3 Å². The van der Waals surface area contributed by atoms with E-state index >= 15 is 0 Å². The zero-order valence-electron chi connectivity index (χ0n) is 11.4. The highest BCUT2D eigenvalue weighted by Crippen LogP contribution is 2.43. The van der Waals surface area contributed by atoms with E-state index in [1.54, 1.807) is 0 Å². The lowest BCUT2D eigenvalue weighted by molar-refractivity contribution is -0.0999. The minimum Gasteiger partial charge on any atom is -0.375 e. The smallest absolute Gasteiger partial charge is 0.0731 e. The molecule has 0 spiro atoms. The Morgan fingerprint density at radius 3 is 3.06 bits per heavy atom. The first kappa shape index (κ1) is 13.2. The standard InChI is InChI=1S/C14H26N2OS/c1-11-14(10-15,6-3-9-18-11)16-7-8-17-13-5-2-4-12(13)16/h11-13H,2-10,15H2,1H3. The summed E-state index contributed by atoms with van der Waals surface area (Å²) in [7, 11) is 0. The van der Waals surface area contributed by atoms with Crippen molar-refractivity contribution in [3.8, 4) is 0 Å². The number of thioether (sulfide) groups is 1. The molecule has 1 saturated carbocycles. The van der Waals surface area contributed by atoms with Crippen molar-refractivity contribution in [1.82, 2.24) is 4.90 Å². The molecular weight excluding hydrogens is 244 g/mol. The molecule has 2 aliphatic heterocycles. The number of ether oxygens (including phenoxy) is 1. The SMILES string of the molecule is CC1SCCCC1(CN)N1CCOC2CCCC21. The molecule has 0 radical (unpaired) electrons. The van der Waals surface area contributed by atoms with E-state index in [0.29, 0.717) is 17.4 Å². The van der Waals surface area contributed by atoms with E-state index in [2.05, 4.69) is 23.6 Å². The first-order chi connectivity index (χ1) is 8.78. The lowest BCUT2D eigenvalue weighted by atomic mass is 9.85. The summed E-state index contributed by atoms with van der Waals surface area (Å²) >= 11 is 2.11. The lowest BCUT2D eigenvalue weighted by Gasteiger charge is -2.54. The van der Waals surface area contributed by atoms with Crippen LogP contribution in [0.4, 0.5) is 0 Å². The topological polar surface area (TPSA) is 38.5 Å². The maximum Gasteiger partial charge on any atom is 0.0731 e. The molecular formula is C14H26N2OS. The van der Waals surface area contributed by atoms with Crippen molar-refractivity contribution in [2.75, 3.05) is 25.4 Å². The van der Waals surface area contributed by atoms with Gasteiger partial charge in [-0.25, -0.2) is 0 Å². The van der Waals surface area contributed by atoms with Gasteiger partial charge in [-0.15, -0.1) is 0 Å². The van der Waals surface area contributed by atoms with E-state index in [1.807, 2.05) is 0 Å². The van der Waals surface area contributed by atoms with Crippen LogP contribution in [0.25, 0.3) is 0 Å². The number of hydrogen-bond acceptors (Lipinski definition) is 4. The maximum atomic E-state index is 6.25. The Morgan fingerprint density at radius 2 is 2.28 bits per heavy atom. The van der Waals surface area contributed by atoms with Gasteiger partial charge in [0.15, 0.2) is 0 Å². The van der Waals surface area contributed by atoms with Crippen LogP contribution >= 0.6 is 11.8 Å². The highest BCUT2D eigenvalue weighted by atomic mass is 32.2. The summed E-state index contributed by atoms with van der Waals surface area (Å²) in [6.45, 7) is 5.18. The van der Waals surface area contributed by atoms with Crippen molar-refractivity contribution in [2.24, 2.45) is 5.73 Å². The highest BCUT2D eigenvalue weighted by Gasteiger charge is 2.49. The fourth-order valence-corrected chi connectivity index (χ4v) is 5.56. The Hall–Kier alpha value is 0.230. The first-order valence-corrected chi connectivity index (χ1v) is 8.53. The first-order valence-electron chi connectivity index (χ1n) is 7.48. The van der Waals surface area contributed by atoms with Crippen molar-refractivity contribution in [2.45, 2.75) is 62.0 Å². The molecule has 0 aromatic rings. The van der Waals surface area contributed by atoms with Crippen LogP contribution < -0.4 is 5.73 Å². The Morgan fingerprint density at radius 1 is 1.39 bits per heavy atom. The zero-order chi connectivity index (χ0) is 12.6. The molecule has 0 amide bonds. The van der Waals surface area contributed by atoms with Gasteiger partial charge in [-0.3, -0.25) is 4.90 Å². The largest absolute Gasteiger partial charge is 0.375 e. The van der Waals surface area contributed by atoms with Gasteiger partial charge >= 0.3 is 0 Å². The van der Waals surface area contributed by atoms with Crippen molar-refractivity contribution >= 4 is 11.8 Å². The summed E-state index contributed by atoms with van der Waals surface area (Å²) in [5.41, 5.74) is 6.48. The molecule has 2 N–H and O–H groups in total. The normalized spacial score (nSPS) is 46.0. The van der Waals surface area contributed by atoms with Gasteiger partial charge in [0.25, 0.3) is 0 Å². The summed E-state index contributed by atoms with van der Waals surface area (Å²) in [6.07, 6.45) is 6.98. The maximum absolute atomic E-state index is 6.25. The fraction of sp³-hybridized carbons (Fsp3) is 1.00. The van der Waals surface area contributed by atoms with Crippen molar-refractivity contribution in [3.05, 3.63) is 0 Å². The van der Waals surface area contributed by atoms with E-state index < -0.39 is 0 Å². The number of nitrogens with two attached hydrogens (primary N) is 1. The molecule has 3 nitrogen and oxygen atoms in total. The highest BCUT2D eigenvalue weighted by molar-refractivity contribution is 8.00. The monoisotopic (exact) mass is 270 g/mol. The molecule has 3 fully saturated rings. The van der Waals surface area contributed by atoms with E-state index in [0.717, 1.165) is 19.7 Å². The van der Waals surface area contributed by atoms with Gasteiger partial charge in [-0.1, -0.05) is 6.92 Å². The average molecular weight is 270 g/mol. The van der Waals surface area contributed by atoms with Crippen LogP contribution in [0.15, 0.2) is 0 Å². The van der Waals surface area contributed by atoms with Gasteiger partial charge in [-0.2, -0.15) is 11.8 Å². The Bertz CT molecular complexity index is 302. The molecule has 3 rings (SSSR count). The number of nitrogens with zero attached hydrogens (tertiary/aromatic N) is 1. The summed E-state index contributed by atoms with van der Waals surface area (Å²) in [4.78, 5) is 2.75. The van der Waals surface area contributed by atoms with Gasteiger partial charge < -0.3 is 10.5 Å². The van der Waals surface area contributed by atoms with Gasteiger partial charge in [0.1, 0.15) is 0 Å². The second-order valence-electron chi connectivity index (χ2n) is 6.03. The van der Waals surface area contributed by atoms with Crippen molar-refractivity contribution in [1.29, 1.82) is 0 Å². The molecule has 0 aromatic heterocycles. The van der Waals surface area contributed by atoms with E-state index in [9.17, 15) is 0 Å². The van der Waals surface area contributed by atoms with E-state index in [-0.39, 0.29) is 5.54 Å². The van der Waals surface area contributed by atoms with Gasteiger partial charge in [0, 0.05) is 29.9 Å². The van der Waals surface area contributed by atoms with Crippen LogP contribution in [0.5, 0.6) is 0 Å². The zero-order valence-corrected chi connectivity index (χ0v) is 12.3. The fourth-order valence-electron chi connectivity index (χ4n) is 4.24. The molecule has 2 heterocycles. The van der Waals surface area contributed by atoms with Gasteiger partial charge in [-0.05, 0) is 37.9 Å². The summed E-state index contributed by atoms with van der Waals surface area (Å²) in [6, 6.07) is 0.642. The number of rotatable bonds is 2. The van der Waals surface area contributed by atoms with Crippen LogP contribution in [0.3, 0.4) is 0 Å². The molecule has 3 aliphatic rings. The minimum atomic E-state index is 0.236. The van der Waals surface area contributed by atoms with Crippen molar-refractivity contribution < 1.29 is 4.74 Å².